The highest BCUT2D eigenvalue weighted by atomic mass is 35.5. The molecular weight excluding hydrogens is 272 g/mol. The first-order chi connectivity index (χ1) is 9.65. The average molecular weight is 299 g/mol. The van der Waals surface area contributed by atoms with E-state index in [1.165, 1.54) is 31.2 Å². The Kier molecular flexibility index (Phi) is 7.83. The Morgan fingerprint density at radius 3 is 2.10 bits per heavy atom. The van der Waals surface area contributed by atoms with Crippen molar-refractivity contribution in [3.05, 3.63) is 23.8 Å². The summed E-state index contributed by atoms with van der Waals surface area (Å²) in [7, 11) is 3.32. The van der Waals surface area contributed by atoms with Gasteiger partial charge in [0, 0.05) is 5.38 Å². The van der Waals surface area contributed by atoms with Gasteiger partial charge in [0.2, 0.25) is 0 Å². The van der Waals surface area contributed by atoms with Crippen LogP contribution in [0, 0.1) is 5.92 Å². The van der Waals surface area contributed by atoms with E-state index in [2.05, 4.69) is 19.9 Å². The monoisotopic (exact) mass is 298 g/mol. The third kappa shape index (κ3) is 4.90. The van der Waals surface area contributed by atoms with Crippen LogP contribution in [0.3, 0.4) is 0 Å². The largest absolute Gasteiger partial charge is 0.493 e. The third-order valence-electron chi connectivity index (χ3n) is 3.71. The molecule has 0 bridgehead atoms. The fraction of sp³-hybridized carbons (Fsp3) is 0.647. The number of ether oxygens (including phenoxy) is 2. The Labute approximate surface area is 128 Å². The van der Waals surface area contributed by atoms with Crippen molar-refractivity contribution in [2.24, 2.45) is 5.92 Å². The van der Waals surface area contributed by atoms with Crippen molar-refractivity contribution in [3.63, 3.8) is 0 Å². The second kappa shape index (κ2) is 9.12. The van der Waals surface area contributed by atoms with Crippen molar-refractivity contribution in [3.8, 4) is 11.5 Å². The fourth-order valence-corrected chi connectivity index (χ4v) is 3.08. The maximum atomic E-state index is 6.64. The lowest BCUT2D eigenvalue weighted by molar-refractivity contribution is 0.354. The maximum Gasteiger partial charge on any atom is 0.160 e. The quantitative estimate of drug-likeness (QED) is 0.593. The summed E-state index contributed by atoms with van der Waals surface area (Å²) in [4.78, 5) is 0. The van der Waals surface area contributed by atoms with E-state index >= 15 is 0 Å². The average Bonchev–Trinajstić information content (AvgIpc) is 2.46. The molecule has 1 unspecified atom stereocenters. The number of benzene rings is 1. The van der Waals surface area contributed by atoms with Crippen LogP contribution in [-0.2, 0) is 6.42 Å². The lowest BCUT2D eigenvalue weighted by Crippen LogP contribution is -2.17. The van der Waals surface area contributed by atoms with E-state index in [4.69, 9.17) is 21.1 Å². The van der Waals surface area contributed by atoms with E-state index in [0.717, 1.165) is 17.9 Å². The van der Waals surface area contributed by atoms with Gasteiger partial charge in [0.05, 0.1) is 14.2 Å². The number of alkyl halides is 1. The fourth-order valence-electron chi connectivity index (χ4n) is 2.65. The van der Waals surface area contributed by atoms with Gasteiger partial charge in [-0.2, -0.15) is 0 Å². The van der Waals surface area contributed by atoms with E-state index in [1.54, 1.807) is 14.2 Å². The minimum absolute atomic E-state index is 0.188. The molecular formula is C17H27ClO2. The predicted molar refractivity (Wildman–Crippen MR) is 86.2 cm³/mol. The van der Waals surface area contributed by atoms with Gasteiger partial charge < -0.3 is 9.47 Å². The summed E-state index contributed by atoms with van der Waals surface area (Å²) in [5.74, 6) is 2.14. The summed E-state index contributed by atoms with van der Waals surface area (Å²) in [5.41, 5.74) is 1.21. The highest BCUT2D eigenvalue weighted by Gasteiger charge is 2.18. The summed E-state index contributed by atoms with van der Waals surface area (Å²) in [6.45, 7) is 4.45. The molecule has 0 spiro atoms. The third-order valence-corrected chi connectivity index (χ3v) is 4.22. The molecule has 1 aromatic rings. The Morgan fingerprint density at radius 1 is 1.00 bits per heavy atom. The smallest absolute Gasteiger partial charge is 0.160 e. The maximum absolute atomic E-state index is 6.64. The van der Waals surface area contributed by atoms with Crippen molar-refractivity contribution < 1.29 is 9.47 Å². The first-order valence-electron chi connectivity index (χ1n) is 7.51. The SMILES string of the molecule is CCCC(CCC)C(Cl)Cc1ccc(OC)c(OC)c1. The molecule has 0 amide bonds. The molecule has 2 nitrogen and oxygen atoms in total. The van der Waals surface area contributed by atoms with Crippen LogP contribution < -0.4 is 9.47 Å². The number of methoxy groups -OCH3 is 2. The van der Waals surface area contributed by atoms with Gasteiger partial charge in [0.25, 0.3) is 0 Å². The second-order valence-corrected chi connectivity index (χ2v) is 5.81. The van der Waals surface area contributed by atoms with E-state index in [9.17, 15) is 0 Å². The topological polar surface area (TPSA) is 18.5 Å². The van der Waals surface area contributed by atoms with Crippen LogP contribution in [0.4, 0.5) is 0 Å². The summed E-state index contributed by atoms with van der Waals surface area (Å²) in [6.07, 6.45) is 5.68. The lowest BCUT2D eigenvalue weighted by Gasteiger charge is -2.22. The van der Waals surface area contributed by atoms with E-state index in [0.29, 0.717) is 5.92 Å². The Balaban J connectivity index is 2.75. The molecule has 1 atom stereocenters. The van der Waals surface area contributed by atoms with Crippen LogP contribution in [0.2, 0.25) is 0 Å². The zero-order chi connectivity index (χ0) is 15.0. The van der Waals surface area contributed by atoms with Gasteiger partial charge in [-0.1, -0.05) is 32.8 Å². The summed E-state index contributed by atoms with van der Waals surface area (Å²) >= 11 is 6.64. The molecule has 0 radical (unpaired) electrons. The Morgan fingerprint density at radius 2 is 1.60 bits per heavy atom. The summed E-state index contributed by atoms with van der Waals surface area (Å²) in [5, 5.41) is 0.188. The molecule has 0 saturated carbocycles. The summed E-state index contributed by atoms with van der Waals surface area (Å²) in [6, 6.07) is 6.06. The Bertz CT molecular complexity index is 387. The van der Waals surface area contributed by atoms with Gasteiger partial charge in [-0.05, 0) is 42.9 Å². The second-order valence-electron chi connectivity index (χ2n) is 5.25. The van der Waals surface area contributed by atoms with Gasteiger partial charge in [0.15, 0.2) is 11.5 Å². The normalized spacial score (nSPS) is 12.5. The highest BCUT2D eigenvalue weighted by molar-refractivity contribution is 6.20. The molecule has 0 heterocycles. The molecule has 0 aliphatic carbocycles. The molecule has 0 N–H and O–H groups in total. The summed E-state index contributed by atoms with van der Waals surface area (Å²) < 4.78 is 10.6. The zero-order valence-corrected chi connectivity index (χ0v) is 13.9. The number of rotatable bonds is 9. The van der Waals surface area contributed by atoms with Crippen molar-refractivity contribution in [1.82, 2.24) is 0 Å². The predicted octanol–water partition coefficient (Wildman–Crippen LogP) is 5.07. The van der Waals surface area contributed by atoms with Crippen LogP contribution in [0.25, 0.3) is 0 Å². The van der Waals surface area contributed by atoms with Crippen LogP contribution >= 0.6 is 11.6 Å². The first kappa shape index (κ1) is 17.2. The minimum Gasteiger partial charge on any atom is -0.493 e. The van der Waals surface area contributed by atoms with Gasteiger partial charge in [0.1, 0.15) is 0 Å². The minimum atomic E-state index is 0.188. The highest BCUT2D eigenvalue weighted by Crippen LogP contribution is 2.30. The zero-order valence-electron chi connectivity index (χ0n) is 13.1. The van der Waals surface area contributed by atoms with Gasteiger partial charge in [-0.15, -0.1) is 11.6 Å². The molecule has 20 heavy (non-hydrogen) atoms. The van der Waals surface area contributed by atoms with Crippen molar-refractivity contribution in [2.75, 3.05) is 14.2 Å². The molecule has 0 aromatic heterocycles. The molecule has 1 aromatic carbocycles. The molecule has 0 aliphatic heterocycles. The molecule has 0 saturated heterocycles. The molecule has 0 aliphatic rings. The number of hydrogen-bond donors (Lipinski definition) is 0. The number of hydrogen-bond acceptors (Lipinski definition) is 2. The van der Waals surface area contributed by atoms with Crippen molar-refractivity contribution in [2.45, 2.75) is 51.3 Å². The molecule has 0 fully saturated rings. The number of halogens is 1. The van der Waals surface area contributed by atoms with Crippen molar-refractivity contribution in [1.29, 1.82) is 0 Å². The van der Waals surface area contributed by atoms with Crippen LogP contribution in [0.5, 0.6) is 11.5 Å². The van der Waals surface area contributed by atoms with E-state index in [-0.39, 0.29) is 5.38 Å². The molecule has 3 heteroatoms. The van der Waals surface area contributed by atoms with Gasteiger partial charge >= 0.3 is 0 Å². The van der Waals surface area contributed by atoms with Gasteiger partial charge in [-0.25, -0.2) is 0 Å². The van der Waals surface area contributed by atoms with E-state index < -0.39 is 0 Å². The molecule has 1 rings (SSSR count). The lowest BCUT2D eigenvalue weighted by atomic mass is 9.91. The van der Waals surface area contributed by atoms with Crippen LogP contribution in [0.1, 0.15) is 45.1 Å². The molecule has 114 valence electrons. The Hall–Kier alpha value is -0.890. The van der Waals surface area contributed by atoms with Crippen LogP contribution in [-0.4, -0.2) is 19.6 Å². The van der Waals surface area contributed by atoms with Crippen LogP contribution in [0.15, 0.2) is 18.2 Å². The first-order valence-corrected chi connectivity index (χ1v) is 7.94. The van der Waals surface area contributed by atoms with Crippen molar-refractivity contribution >= 4 is 11.6 Å². The van der Waals surface area contributed by atoms with E-state index in [1.807, 2.05) is 12.1 Å². The standard InChI is InChI=1S/C17H27ClO2/c1-5-7-14(8-6-2)15(18)11-13-9-10-16(19-3)17(12-13)20-4/h9-10,12,14-15H,5-8,11H2,1-4H3. The van der Waals surface area contributed by atoms with Gasteiger partial charge in [-0.3, -0.25) is 0 Å².